The van der Waals surface area contributed by atoms with Gasteiger partial charge in [0, 0.05) is 34.3 Å². The largest absolute Gasteiger partial charge is 0.289 e. The van der Waals surface area contributed by atoms with E-state index in [9.17, 15) is 4.79 Å². The van der Waals surface area contributed by atoms with E-state index in [1.54, 1.807) is 12.4 Å². The molecule has 0 aliphatic carbocycles. The van der Waals surface area contributed by atoms with Gasteiger partial charge in [0.15, 0.2) is 5.78 Å². The third-order valence-corrected chi connectivity index (χ3v) is 5.46. The van der Waals surface area contributed by atoms with E-state index in [0.29, 0.717) is 11.1 Å². The van der Waals surface area contributed by atoms with E-state index in [1.165, 1.54) is 22.7 Å². The van der Waals surface area contributed by atoms with E-state index in [2.05, 4.69) is 9.97 Å². The number of ketones is 1. The molecule has 24 heavy (non-hydrogen) atoms. The lowest BCUT2D eigenvalue weighted by Crippen LogP contribution is -1.96. The minimum absolute atomic E-state index is 0.0341. The minimum Gasteiger partial charge on any atom is -0.289 e. The van der Waals surface area contributed by atoms with E-state index in [4.69, 9.17) is 0 Å². The van der Waals surface area contributed by atoms with Gasteiger partial charge in [0.1, 0.15) is 0 Å². The summed E-state index contributed by atoms with van der Waals surface area (Å²) in [6, 6.07) is 15.4. The predicted molar refractivity (Wildman–Crippen MR) is 98.5 cm³/mol. The molecule has 0 N–H and O–H groups in total. The van der Waals surface area contributed by atoms with E-state index in [-0.39, 0.29) is 5.78 Å². The Morgan fingerprint density at radius 3 is 1.67 bits per heavy atom. The van der Waals surface area contributed by atoms with Crippen molar-refractivity contribution >= 4 is 28.5 Å². The van der Waals surface area contributed by atoms with Crippen LogP contribution in [0.15, 0.2) is 71.7 Å². The molecule has 0 spiro atoms. The van der Waals surface area contributed by atoms with Gasteiger partial charge in [-0.05, 0) is 36.4 Å². The third kappa shape index (κ3) is 2.91. The molecule has 4 rings (SSSR count). The van der Waals surface area contributed by atoms with Gasteiger partial charge in [-0.3, -0.25) is 14.8 Å². The van der Waals surface area contributed by atoms with Crippen LogP contribution in [0, 0.1) is 0 Å². The van der Waals surface area contributed by atoms with Gasteiger partial charge < -0.3 is 0 Å². The Hall–Kier alpha value is -2.63. The molecule has 0 saturated carbocycles. The molecule has 4 aromatic rings. The summed E-state index contributed by atoms with van der Waals surface area (Å²) in [6.07, 6.45) is 3.52. The molecule has 0 aliphatic rings. The molecule has 0 aromatic carbocycles. The van der Waals surface area contributed by atoms with Crippen LogP contribution < -0.4 is 0 Å². The molecular formula is C19H12N2OS2. The van der Waals surface area contributed by atoms with Gasteiger partial charge in [0.2, 0.25) is 0 Å². The number of aromatic nitrogens is 2. The van der Waals surface area contributed by atoms with Crippen molar-refractivity contribution in [3.63, 3.8) is 0 Å². The van der Waals surface area contributed by atoms with Crippen LogP contribution in [0.5, 0.6) is 0 Å². The maximum Gasteiger partial charge on any atom is 0.194 e. The van der Waals surface area contributed by atoms with Crippen LogP contribution in [0.25, 0.3) is 21.1 Å². The van der Waals surface area contributed by atoms with Crippen molar-refractivity contribution in [3.8, 4) is 21.1 Å². The summed E-state index contributed by atoms with van der Waals surface area (Å²) in [7, 11) is 0. The quantitative estimate of drug-likeness (QED) is 0.478. The van der Waals surface area contributed by atoms with Gasteiger partial charge in [0.25, 0.3) is 0 Å². The van der Waals surface area contributed by atoms with Gasteiger partial charge in [-0.2, -0.15) is 0 Å². The lowest BCUT2D eigenvalue weighted by atomic mass is 10.1. The summed E-state index contributed by atoms with van der Waals surface area (Å²) in [5, 5.41) is 3.79. The number of rotatable bonds is 4. The van der Waals surface area contributed by atoms with Crippen LogP contribution >= 0.6 is 22.7 Å². The lowest BCUT2D eigenvalue weighted by Gasteiger charge is -1.95. The zero-order valence-corrected chi connectivity index (χ0v) is 14.2. The summed E-state index contributed by atoms with van der Waals surface area (Å²) >= 11 is 3.07. The number of carbonyl (C=O) groups is 1. The van der Waals surface area contributed by atoms with E-state index < -0.39 is 0 Å². The van der Waals surface area contributed by atoms with Crippen molar-refractivity contribution in [3.05, 3.63) is 82.8 Å². The maximum atomic E-state index is 12.7. The first kappa shape index (κ1) is 14.9. The molecule has 0 aliphatic heterocycles. The number of pyridine rings is 2. The second-order valence-corrected chi connectivity index (χ2v) is 6.98. The first-order chi connectivity index (χ1) is 11.8. The molecule has 0 amide bonds. The van der Waals surface area contributed by atoms with E-state index >= 15 is 0 Å². The highest BCUT2D eigenvalue weighted by atomic mass is 32.1. The summed E-state index contributed by atoms with van der Waals surface area (Å²) in [4.78, 5) is 23.4. The first-order valence-corrected chi connectivity index (χ1v) is 9.12. The first-order valence-electron chi connectivity index (χ1n) is 7.36. The van der Waals surface area contributed by atoms with Crippen LogP contribution in [-0.2, 0) is 0 Å². The Labute approximate surface area is 147 Å². The average Bonchev–Trinajstić information content (AvgIpc) is 3.33. The van der Waals surface area contributed by atoms with Gasteiger partial charge in [-0.15, -0.1) is 22.7 Å². The fourth-order valence-corrected chi connectivity index (χ4v) is 4.09. The number of nitrogens with zero attached hydrogens (tertiary/aromatic N) is 2. The highest BCUT2D eigenvalue weighted by Crippen LogP contribution is 2.30. The minimum atomic E-state index is 0.0341. The molecule has 116 valence electrons. The molecule has 0 unspecified atom stereocenters. The van der Waals surface area contributed by atoms with Crippen molar-refractivity contribution in [2.75, 3.05) is 0 Å². The van der Waals surface area contributed by atoms with E-state index in [1.807, 2.05) is 59.3 Å². The Balaban J connectivity index is 1.61. The van der Waals surface area contributed by atoms with Gasteiger partial charge >= 0.3 is 0 Å². The van der Waals surface area contributed by atoms with Gasteiger partial charge in [-0.25, -0.2) is 0 Å². The van der Waals surface area contributed by atoms with Crippen LogP contribution in [-0.4, -0.2) is 15.8 Å². The van der Waals surface area contributed by atoms with E-state index in [0.717, 1.165) is 21.1 Å². The average molecular weight is 348 g/mol. The molecule has 0 fully saturated rings. The fourth-order valence-electron chi connectivity index (χ4n) is 2.36. The fraction of sp³-hybridized carbons (Fsp3) is 0. The second kappa shape index (κ2) is 6.47. The van der Waals surface area contributed by atoms with Crippen molar-refractivity contribution in [2.24, 2.45) is 0 Å². The summed E-state index contributed by atoms with van der Waals surface area (Å²) in [6.45, 7) is 0. The molecule has 4 aromatic heterocycles. The van der Waals surface area contributed by atoms with Crippen molar-refractivity contribution in [1.82, 2.24) is 9.97 Å². The third-order valence-electron chi connectivity index (χ3n) is 3.56. The molecule has 0 saturated heterocycles. The van der Waals surface area contributed by atoms with Crippen molar-refractivity contribution in [2.45, 2.75) is 0 Å². The summed E-state index contributed by atoms with van der Waals surface area (Å²) < 4.78 is 0. The number of carbonyl (C=O) groups excluding carboxylic acids is 1. The summed E-state index contributed by atoms with van der Waals surface area (Å²) in [5.41, 5.74) is 3.18. The number of hydrogen-bond donors (Lipinski definition) is 0. The number of hydrogen-bond acceptors (Lipinski definition) is 5. The molecule has 0 atom stereocenters. The standard InChI is InChI=1S/C19H12N2OS2/c22-19(13-9-17(23-11-13)15-5-1-3-7-20-15)14-10-18(24-12-14)16-6-2-4-8-21-16/h1-12H. The molecule has 5 heteroatoms. The topological polar surface area (TPSA) is 42.9 Å². The predicted octanol–water partition coefficient (Wildman–Crippen LogP) is 5.16. The molecular weight excluding hydrogens is 336 g/mol. The monoisotopic (exact) mass is 348 g/mol. The summed E-state index contributed by atoms with van der Waals surface area (Å²) in [5.74, 6) is 0.0341. The smallest absolute Gasteiger partial charge is 0.194 e. The Morgan fingerprint density at radius 1 is 0.750 bits per heavy atom. The highest BCUT2D eigenvalue weighted by molar-refractivity contribution is 7.14. The Kier molecular flexibility index (Phi) is 4.02. The normalized spacial score (nSPS) is 10.7. The number of thiophene rings is 2. The Morgan fingerprint density at radius 2 is 1.25 bits per heavy atom. The SMILES string of the molecule is O=C(c1csc(-c2ccccn2)c1)c1csc(-c2ccccn2)c1. The van der Waals surface area contributed by atoms with Gasteiger partial charge in [0.05, 0.1) is 21.1 Å². The van der Waals surface area contributed by atoms with Crippen LogP contribution in [0.3, 0.4) is 0 Å². The van der Waals surface area contributed by atoms with Crippen LogP contribution in [0.4, 0.5) is 0 Å². The lowest BCUT2D eigenvalue weighted by molar-refractivity contribution is 0.103. The van der Waals surface area contributed by atoms with Crippen molar-refractivity contribution < 1.29 is 4.79 Å². The molecule has 0 bridgehead atoms. The maximum absolute atomic E-state index is 12.7. The zero-order chi connectivity index (χ0) is 16.4. The van der Waals surface area contributed by atoms with Gasteiger partial charge in [-0.1, -0.05) is 12.1 Å². The molecule has 0 radical (unpaired) electrons. The van der Waals surface area contributed by atoms with Crippen molar-refractivity contribution in [1.29, 1.82) is 0 Å². The molecule has 4 heterocycles. The highest BCUT2D eigenvalue weighted by Gasteiger charge is 2.15. The Bertz CT molecular complexity index is 895. The van der Waals surface area contributed by atoms with Crippen LogP contribution in [0.1, 0.15) is 15.9 Å². The molecule has 3 nitrogen and oxygen atoms in total. The van der Waals surface area contributed by atoms with Crippen LogP contribution in [0.2, 0.25) is 0 Å². The second-order valence-electron chi connectivity index (χ2n) is 5.16. The zero-order valence-electron chi connectivity index (χ0n) is 12.5.